The smallest absolute Gasteiger partial charge is 0.387 e. The van der Waals surface area contributed by atoms with Gasteiger partial charge in [-0.25, -0.2) is 0 Å². The van der Waals surface area contributed by atoms with Crippen LogP contribution >= 0.6 is 0 Å². The van der Waals surface area contributed by atoms with Crippen LogP contribution in [0.5, 0.6) is 5.75 Å². The molecule has 0 aliphatic heterocycles. The van der Waals surface area contributed by atoms with Crippen molar-refractivity contribution in [2.24, 2.45) is 10.9 Å². The van der Waals surface area contributed by atoms with Crippen molar-refractivity contribution >= 4 is 16.8 Å². The van der Waals surface area contributed by atoms with E-state index in [0.29, 0.717) is 11.0 Å². The third kappa shape index (κ3) is 1.99. The molecule has 0 saturated heterocycles. The Morgan fingerprint density at radius 2 is 2.12 bits per heavy atom. The van der Waals surface area contributed by atoms with Gasteiger partial charge in [-0.3, -0.25) is 0 Å². The van der Waals surface area contributed by atoms with Crippen LogP contribution in [-0.4, -0.2) is 17.7 Å². The molecule has 0 unspecified atom stereocenters. The van der Waals surface area contributed by atoms with Crippen LogP contribution < -0.4 is 10.5 Å². The molecule has 2 rings (SSSR count). The summed E-state index contributed by atoms with van der Waals surface area (Å²) in [7, 11) is 0. The number of oxime groups is 1. The summed E-state index contributed by atoms with van der Waals surface area (Å²) < 4.78 is 34.0. The van der Waals surface area contributed by atoms with Crippen molar-refractivity contribution in [3.63, 3.8) is 0 Å². The lowest BCUT2D eigenvalue weighted by Crippen LogP contribution is -2.14. The zero-order chi connectivity index (χ0) is 12.4. The van der Waals surface area contributed by atoms with Gasteiger partial charge < -0.3 is 20.1 Å². The van der Waals surface area contributed by atoms with E-state index in [1.54, 1.807) is 18.2 Å². The van der Waals surface area contributed by atoms with Crippen LogP contribution in [0.1, 0.15) is 5.76 Å². The molecule has 90 valence electrons. The number of furan rings is 1. The highest BCUT2D eigenvalue weighted by atomic mass is 19.3. The molecule has 2 aromatic rings. The summed E-state index contributed by atoms with van der Waals surface area (Å²) >= 11 is 0. The second-order valence-corrected chi connectivity index (χ2v) is 3.12. The molecular formula is C10H8F2N2O3. The van der Waals surface area contributed by atoms with E-state index in [0.717, 1.165) is 0 Å². The van der Waals surface area contributed by atoms with Crippen molar-refractivity contribution in [1.29, 1.82) is 0 Å². The number of halogens is 2. The number of benzene rings is 1. The summed E-state index contributed by atoms with van der Waals surface area (Å²) in [5.41, 5.74) is 5.63. The molecule has 17 heavy (non-hydrogen) atoms. The lowest BCUT2D eigenvalue weighted by molar-refractivity contribution is -0.0494. The van der Waals surface area contributed by atoms with E-state index in [1.807, 2.05) is 0 Å². The van der Waals surface area contributed by atoms with Crippen molar-refractivity contribution in [2.75, 3.05) is 0 Å². The minimum absolute atomic E-state index is 0.228. The average molecular weight is 242 g/mol. The van der Waals surface area contributed by atoms with E-state index in [9.17, 15) is 8.78 Å². The first-order valence-corrected chi connectivity index (χ1v) is 4.57. The highest BCUT2D eigenvalue weighted by Crippen LogP contribution is 2.33. The summed E-state index contributed by atoms with van der Waals surface area (Å²) in [6.45, 7) is -3.03. The maximum Gasteiger partial charge on any atom is 0.387 e. The van der Waals surface area contributed by atoms with Crippen molar-refractivity contribution in [3.8, 4) is 5.75 Å². The highest BCUT2D eigenvalue weighted by Gasteiger charge is 2.21. The van der Waals surface area contributed by atoms with E-state index in [4.69, 9.17) is 15.4 Å². The molecule has 1 aromatic heterocycles. The van der Waals surface area contributed by atoms with Gasteiger partial charge in [-0.1, -0.05) is 17.3 Å². The van der Waals surface area contributed by atoms with E-state index in [-0.39, 0.29) is 11.5 Å². The zero-order valence-electron chi connectivity index (χ0n) is 8.43. The molecule has 7 heteroatoms. The van der Waals surface area contributed by atoms with Gasteiger partial charge in [0, 0.05) is 0 Å². The quantitative estimate of drug-likeness (QED) is 0.374. The van der Waals surface area contributed by atoms with Crippen LogP contribution in [0.3, 0.4) is 0 Å². The summed E-state index contributed by atoms with van der Waals surface area (Å²) in [5, 5.41) is 11.6. The van der Waals surface area contributed by atoms with Gasteiger partial charge in [-0.15, -0.1) is 0 Å². The number of nitrogens with zero attached hydrogens (tertiary/aromatic N) is 1. The lowest BCUT2D eigenvalue weighted by Gasteiger charge is -2.03. The molecule has 0 amide bonds. The van der Waals surface area contributed by atoms with Gasteiger partial charge in [-0.2, -0.15) is 8.78 Å². The largest absolute Gasteiger partial charge is 0.449 e. The van der Waals surface area contributed by atoms with E-state index in [2.05, 4.69) is 9.89 Å². The molecule has 0 aliphatic rings. The van der Waals surface area contributed by atoms with Crippen LogP contribution in [0, 0.1) is 0 Å². The topological polar surface area (TPSA) is 81.0 Å². The number of nitrogens with two attached hydrogens (primary N) is 1. The number of fused-ring (bicyclic) bond motifs is 1. The minimum atomic E-state index is -3.03. The van der Waals surface area contributed by atoms with E-state index >= 15 is 0 Å². The van der Waals surface area contributed by atoms with Gasteiger partial charge in [0.25, 0.3) is 0 Å². The molecule has 0 spiro atoms. The van der Waals surface area contributed by atoms with Crippen LogP contribution in [0.25, 0.3) is 11.0 Å². The molecule has 0 saturated carbocycles. The van der Waals surface area contributed by atoms with Gasteiger partial charge in [0.1, 0.15) is 5.58 Å². The first-order valence-electron chi connectivity index (χ1n) is 4.57. The Kier molecular flexibility index (Phi) is 2.82. The summed E-state index contributed by atoms with van der Waals surface area (Å²) in [4.78, 5) is 0. The first-order chi connectivity index (χ1) is 8.13. The van der Waals surface area contributed by atoms with Crippen molar-refractivity contribution in [1.82, 2.24) is 0 Å². The number of amidine groups is 1. The minimum Gasteiger partial charge on any atom is -0.449 e. The Hall–Kier alpha value is -2.31. The van der Waals surface area contributed by atoms with Crippen LogP contribution in [0.15, 0.2) is 33.8 Å². The molecule has 0 atom stereocenters. The number of rotatable bonds is 3. The summed E-state index contributed by atoms with van der Waals surface area (Å²) in [5.74, 6) is -0.906. The van der Waals surface area contributed by atoms with Crippen molar-refractivity contribution in [3.05, 3.63) is 30.0 Å². The molecule has 1 aromatic carbocycles. The van der Waals surface area contributed by atoms with Crippen LogP contribution in [0.4, 0.5) is 8.78 Å². The summed E-state index contributed by atoms with van der Waals surface area (Å²) in [6, 6.07) is 6.38. The molecule has 1 heterocycles. The Balaban J connectivity index is 2.65. The number of hydrogen-bond acceptors (Lipinski definition) is 4. The maximum atomic E-state index is 12.3. The van der Waals surface area contributed by atoms with Gasteiger partial charge in [0.15, 0.2) is 5.75 Å². The predicted molar refractivity (Wildman–Crippen MR) is 55.4 cm³/mol. The standard InChI is InChI=1S/C10H8F2N2O3/c11-10(12)17-7-5-3-1-2-4-6(5)16-8(7)9(13)14-15/h1-4,10,15H,(H2,13,14). The fourth-order valence-corrected chi connectivity index (χ4v) is 1.44. The second-order valence-electron chi connectivity index (χ2n) is 3.12. The first kappa shape index (κ1) is 11.2. The Morgan fingerprint density at radius 3 is 2.76 bits per heavy atom. The molecule has 0 radical (unpaired) electrons. The van der Waals surface area contributed by atoms with E-state index in [1.165, 1.54) is 6.07 Å². The molecule has 3 N–H and O–H groups in total. The number of ether oxygens (including phenoxy) is 1. The normalized spacial score (nSPS) is 12.3. The Labute approximate surface area is 94.1 Å². The lowest BCUT2D eigenvalue weighted by atomic mass is 10.2. The molecule has 0 aliphatic carbocycles. The fourth-order valence-electron chi connectivity index (χ4n) is 1.44. The molecular weight excluding hydrogens is 234 g/mol. The number of para-hydroxylation sites is 1. The van der Waals surface area contributed by atoms with Crippen LogP contribution in [-0.2, 0) is 0 Å². The third-order valence-electron chi connectivity index (χ3n) is 2.10. The predicted octanol–water partition coefficient (Wildman–Crippen LogP) is 2.13. The fraction of sp³-hybridized carbons (Fsp3) is 0.100. The Bertz CT molecular complexity index is 566. The van der Waals surface area contributed by atoms with E-state index < -0.39 is 12.4 Å². The maximum absolute atomic E-state index is 12.3. The highest BCUT2D eigenvalue weighted by molar-refractivity contribution is 6.03. The van der Waals surface area contributed by atoms with Crippen molar-refractivity contribution in [2.45, 2.75) is 6.61 Å². The summed E-state index contributed by atoms with van der Waals surface area (Å²) in [6.07, 6.45) is 0. The average Bonchev–Trinajstić information content (AvgIpc) is 2.67. The molecule has 0 bridgehead atoms. The molecule has 5 nitrogen and oxygen atoms in total. The van der Waals surface area contributed by atoms with Gasteiger partial charge >= 0.3 is 6.61 Å². The van der Waals surface area contributed by atoms with Gasteiger partial charge in [0.05, 0.1) is 5.39 Å². The number of alkyl halides is 2. The second kappa shape index (κ2) is 4.28. The third-order valence-corrected chi connectivity index (χ3v) is 2.10. The van der Waals surface area contributed by atoms with Gasteiger partial charge in [-0.05, 0) is 12.1 Å². The Morgan fingerprint density at radius 1 is 1.41 bits per heavy atom. The SMILES string of the molecule is N/C(=N/O)c1oc2ccccc2c1OC(F)F. The van der Waals surface area contributed by atoms with Crippen molar-refractivity contribution < 1.29 is 23.1 Å². The zero-order valence-corrected chi connectivity index (χ0v) is 8.43. The molecule has 0 fully saturated rings. The monoisotopic (exact) mass is 242 g/mol. The van der Waals surface area contributed by atoms with Gasteiger partial charge in [0.2, 0.25) is 11.6 Å². The number of hydrogen-bond donors (Lipinski definition) is 2. The van der Waals surface area contributed by atoms with Crippen LogP contribution in [0.2, 0.25) is 0 Å².